The molecular weight excluding hydrogens is 232 g/mol. The van der Waals surface area contributed by atoms with Gasteiger partial charge in [0.1, 0.15) is 0 Å². The van der Waals surface area contributed by atoms with Crippen LogP contribution < -0.4 is 5.32 Å². The molecule has 0 saturated carbocycles. The van der Waals surface area contributed by atoms with Crippen molar-refractivity contribution in [1.82, 2.24) is 4.98 Å². The summed E-state index contributed by atoms with van der Waals surface area (Å²) >= 11 is 6.16. The zero-order valence-corrected chi connectivity index (χ0v) is 10.7. The monoisotopic (exact) mass is 246 g/mol. The van der Waals surface area contributed by atoms with Crippen LogP contribution in [0.1, 0.15) is 24.2 Å². The van der Waals surface area contributed by atoms with Crippen LogP contribution in [0.2, 0.25) is 5.02 Å². The van der Waals surface area contributed by atoms with Gasteiger partial charge in [0, 0.05) is 28.6 Å². The zero-order valence-electron chi connectivity index (χ0n) is 9.94. The molecule has 3 heteroatoms. The number of aromatic nitrogens is 1. The van der Waals surface area contributed by atoms with Gasteiger partial charge in [-0.1, -0.05) is 29.8 Å². The van der Waals surface area contributed by atoms with Crippen LogP contribution in [0.3, 0.4) is 0 Å². The summed E-state index contributed by atoms with van der Waals surface area (Å²) in [4.78, 5) is 4.17. The Bertz CT molecular complexity index is 511. The number of hydrogen-bond donors (Lipinski definition) is 1. The Hall–Kier alpha value is -1.54. The van der Waals surface area contributed by atoms with Gasteiger partial charge in [-0.05, 0) is 37.6 Å². The van der Waals surface area contributed by atoms with Crippen molar-refractivity contribution in [2.24, 2.45) is 0 Å². The third-order valence-electron chi connectivity index (χ3n) is 2.65. The summed E-state index contributed by atoms with van der Waals surface area (Å²) in [5.41, 5.74) is 3.16. The summed E-state index contributed by atoms with van der Waals surface area (Å²) in [6, 6.07) is 12.0. The first-order chi connectivity index (χ1) is 8.16. The van der Waals surface area contributed by atoms with E-state index in [4.69, 9.17) is 11.6 Å². The molecule has 2 nitrogen and oxygen atoms in total. The van der Waals surface area contributed by atoms with E-state index in [-0.39, 0.29) is 6.04 Å². The van der Waals surface area contributed by atoms with Gasteiger partial charge in [-0.15, -0.1) is 0 Å². The minimum atomic E-state index is 0.172. The predicted octanol–water partition coefficient (Wildman–Crippen LogP) is 4.22. The second-order valence-corrected chi connectivity index (χ2v) is 4.48. The molecule has 1 aromatic carbocycles. The van der Waals surface area contributed by atoms with E-state index >= 15 is 0 Å². The minimum absolute atomic E-state index is 0.172. The number of hydrogen-bond acceptors (Lipinski definition) is 2. The van der Waals surface area contributed by atoms with Crippen molar-refractivity contribution in [1.29, 1.82) is 0 Å². The number of nitrogens with zero attached hydrogens (tertiary/aromatic N) is 1. The zero-order chi connectivity index (χ0) is 12.3. The number of nitrogens with one attached hydrogen (secondary N) is 1. The lowest BCUT2D eigenvalue weighted by Gasteiger charge is -2.17. The summed E-state index contributed by atoms with van der Waals surface area (Å²) in [7, 11) is 0. The van der Waals surface area contributed by atoms with E-state index in [9.17, 15) is 0 Å². The van der Waals surface area contributed by atoms with Gasteiger partial charge in [-0.2, -0.15) is 0 Å². The predicted molar refractivity (Wildman–Crippen MR) is 72.5 cm³/mol. The van der Waals surface area contributed by atoms with Crippen LogP contribution in [-0.4, -0.2) is 4.98 Å². The molecule has 0 saturated heterocycles. The molecule has 2 aromatic rings. The summed E-state index contributed by atoms with van der Waals surface area (Å²) < 4.78 is 0. The van der Waals surface area contributed by atoms with E-state index in [2.05, 4.69) is 17.2 Å². The van der Waals surface area contributed by atoms with Crippen molar-refractivity contribution in [2.75, 3.05) is 5.32 Å². The summed E-state index contributed by atoms with van der Waals surface area (Å²) in [6.45, 7) is 4.07. The SMILES string of the molecule is Cc1cc(NC(C)c2ccccc2Cl)ccn1. The highest BCUT2D eigenvalue weighted by molar-refractivity contribution is 6.31. The molecule has 0 fully saturated rings. The van der Waals surface area contributed by atoms with Crippen molar-refractivity contribution in [3.05, 3.63) is 58.9 Å². The average Bonchev–Trinajstić information content (AvgIpc) is 2.29. The Morgan fingerprint density at radius 1 is 1.24 bits per heavy atom. The Kier molecular flexibility index (Phi) is 3.64. The third-order valence-corrected chi connectivity index (χ3v) is 3.00. The largest absolute Gasteiger partial charge is 0.378 e. The molecule has 17 heavy (non-hydrogen) atoms. The number of benzene rings is 1. The van der Waals surface area contributed by atoms with Crippen molar-refractivity contribution < 1.29 is 0 Å². The quantitative estimate of drug-likeness (QED) is 0.877. The maximum atomic E-state index is 6.16. The fraction of sp³-hybridized carbons (Fsp3) is 0.214. The highest BCUT2D eigenvalue weighted by Crippen LogP contribution is 2.25. The van der Waals surface area contributed by atoms with E-state index in [1.165, 1.54) is 0 Å². The lowest BCUT2D eigenvalue weighted by molar-refractivity contribution is 0.883. The molecular formula is C14H15ClN2. The van der Waals surface area contributed by atoms with E-state index in [1.54, 1.807) is 6.20 Å². The van der Waals surface area contributed by atoms with E-state index in [0.29, 0.717) is 0 Å². The van der Waals surface area contributed by atoms with E-state index < -0.39 is 0 Å². The van der Waals surface area contributed by atoms with Gasteiger partial charge in [0.05, 0.1) is 0 Å². The van der Waals surface area contributed by atoms with Crippen molar-refractivity contribution in [3.8, 4) is 0 Å². The number of halogens is 1. The van der Waals surface area contributed by atoms with Gasteiger partial charge in [0.25, 0.3) is 0 Å². The van der Waals surface area contributed by atoms with Gasteiger partial charge in [0.2, 0.25) is 0 Å². The van der Waals surface area contributed by atoms with Crippen LogP contribution in [0.4, 0.5) is 5.69 Å². The number of aryl methyl sites for hydroxylation is 1. The molecule has 0 aliphatic carbocycles. The van der Waals surface area contributed by atoms with Crippen molar-refractivity contribution >= 4 is 17.3 Å². The average molecular weight is 247 g/mol. The minimum Gasteiger partial charge on any atom is -0.378 e. The van der Waals surface area contributed by atoms with Crippen LogP contribution in [0.5, 0.6) is 0 Å². The molecule has 2 rings (SSSR count). The van der Waals surface area contributed by atoms with Gasteiger partial charge < -0.3 is 5.32 Å². The molecule has 0 amide bonds. The number of rotatable bonds is 3. The third kappa shape index (κ3) is 2.98. The van der Waals surface area contributed by atoms with Gasteiger partial charge in [0.15, 0.2) is 0 Å². The lowest BCUT2D eigenvalue weighted by Crippen LogP contribution is -2.07. The highest BCUT2D eigenvalue weighted by Gasteiger charge is 2.08. The number of anilines is 1. The standard InChI is InChI=1S/C14H15ClN2/c1-10-9-12(7-8-16-10)17-11(2)13-5-3-4-6-14(13)15/h3-9,11H,1-2H3,(H,16,17). The topological polar surface area (TPSA) is 24.9 Å². The summed E-state index contributed by atoms with van der Waals surface area (Å²) in [5.74, 6) is 0. The van der Waals surface area contributed by atoms with Crippen LogP contribution in [0.15, 0.2) is 42.6 Å². The van der Waals surface area contributed by atoms with E-state index in [1.807, 2.05) is 43.3 Å². The van der Waals surface area contributed by atoms with Crippen LogP contribution >= 0.6 is 11.6 Å². The lowest BCUT2D eigenvalue weighted by atomic mass is 10.1. The molecule has 1 aromatic heterocycles. The molecule has 0 bridgehead atoms. The van der Waals surface area contributed by atoms with Crippen LogP contribution in [0, 0.1) is 6.92 Å². The van der Waals surface area contributed by atoms with Crippen LogP contribution in [-0.2, 0) is 0 Å². The second kappa shape index (κ2) is 5.19. The normalized spacial score (nSPS) is 12.2. The molecule has 0 radical (unpaired) electrons. The maximum absolute atomic E-state index is 6.16. The molecule has 1 N–H and O–H groups in total. The van der Waals surface area contributed by atoms with Gasteiger partial charge in [-0.3, -0.25) is 4.98 Å². The molecule has 1 unspecified atom stereocenters. The summed E-state index contributed by atoms with van der Waals surface area (Å²) in [6.07, 6.45) is 1.80. The molecule has 1 heterocycles. The van der Waals surface area contributed by atoms with Crippen LogP contribution in [0.25, 0.3) is 0 Å². The fourth-order valence-corrected chi connectivity index (χ4v) is 2.09. The maximum Gasteiger partial charge on any atom is 0.0500 e. The highest BCUT2D eigenvalue weighted by atomic mass is 35.5. The van der Waals surface area contributed by atoms with Crippen molar-refractivity contribution in [2.45, 2.75) is 19.9 Å². The summed E-state index contributed by atoms with van der Waals surface area (Å²) in [5, 5.41) is 4.21. The first-order valence-electron chi connectivity index (χ1n) is 5.60. The Morgan fingerprint density at radius 2 is 2.00 bits per heavy atom. The van der Waals surface area contributed by atoms with E-state index in [0.717, 1.165) is 22.0 Å². The molecule has 1 atom stereocenters. The molecule has 0 aliphatic heterocycles. The second-order valence-electron chi connectivity index (χ2n) is 4.07. The van der Waals surface area contributed by atoms with Gasteiger partial charge in [-0.25, -0.2) is 0 Å². The molecule has 0 aliphatic rings. The first kappa shape index (κ1) is 11.9. The van der Waals surface area contributed by atoms with Gasteiger partial charge >= 0.3 is 0 Å². The smallest absolute Gasteiger partial charge is 0.0500 e. The Labute approximate surface area is 107 Å². The number of pyridine rings is 1. The first-order valence-corrected chi connectivity index (χ1v) is 5.98. The Balaban J connectivity index is 2.17. The molecule has 0 spiro atoms. The Morgan fingerprint density at radius 3 is 2.71 bits per heavy atom. The fourth-order valence-electron chi connectivity index (χ4n) is 1.79. The van der Waals surface area contributed by atoms with Crippen molar-refractivity contribution in [3.63, 3.8) is 0 Å². The molecule has 88 valence electrons.